The summed E-state index contributed by atoms with van der Waals surface area (Å²) in [5.74, 6) is 0.673. The van der Waals surface area contributed by atoms with Crippen molar-refractivity contribution >= 4 is 9.84 Å². The Morgan fingerprint density at radius 3 is 2.40 bits per heavy atom. The first-order valence-electron chi connectivity index (χ1n) is 6.76. The minimum atomic E-state index is -3.17. The van der Waals surface area contributed by atoms with Crippen LogP contribution in [-0.2, 0) is 9.84 Å². The molecular weight excluding hydrogens is 274 g/mol. The number of ether oxygens (including phenoxy) is 1. The van der Waals surface area contributed by atoms with Gasteiger partial charge in [0.1, 0.15) is 12.4 Å². The van der Waals surface area contributed by atoms with Crippen LogP contribution in [-0.4, -0.2) is 25.5 Å². The van der Waals surface area contributed by atoms with Gasteiger partial charge in [-0.3, -0.25) is 0 Å². The highest BCUT2D eigenvalue weighted by Gasteiger charge is 2.28. The van der Waals surface area contributed by atoms with E-state index in [1.165, 1.54) is 0 Å². The summed E-state index contributed by atoms with van der Waals surface area (Å²) in [4.78, 5) is 0. The van der Waals surface area contributed by atoms with E-state index in [2.05, 4.69) is 0 Å². The van der Waals surface area contributed by atoms with Gasteiger partial charge in [-0.15, -0.1) is 0 Å². The molecule has 0 bridgehead atoms. The molecule has 2 N–H and O–H groups in total. The normalized spacial score (nSPS) is 14.1. The van der Waals surface area contributed by atoms with Crippen molar-refractivity contribution in [2.45, 2.75) is 45.4 Å². The Bertz CT molecular complexity index is 557. The van der Waals surface area contributed by atoms with Crippen molar-refractivity contribution < 1.29 is 13.2 Å². The van der Waals surface area contributed by atoms with Crippen LogP contribution in [0.5, 0.6) is 5.75 Å². The second-order valence-electron chi connectivity index (χ2n) is 6.11. The number of sulfone groups is 1. The first kappa shape index (κ1) is 17.0. The van der Waals surface area contributed by atoms with E-state index >= 15 is 0 Å². The second-order valence-corrected chi connectivity index (χ2v) is 8.97. The zero-order valence-corrected chi connectivity index (χ0v) is 13.8. The molecule has 0 aliphatic carbocycles. The maximum atomic E-state index is 12.0. The Morgan fingerprint density at radius 1 is 1.30 bits per heavy atom. The summed E-state index contributed by atoms with van der Waals surface area (Å²) in [5.41, 5.74) is 7.84. The smallest absolute Gasteiger partial charge is 0.158 e. The summed E-state index contributed by atoms with van der Waals surface area (Å²) >= 11 is 0. The number of hydrogen-bond acceptors (Lipinski definition) is 4. The molecule has 0 aliphatic rings. The predicted molar refractivity (Wildman–Crippen MR) is 82.8 cm³/mol. The minimum absolute atomic E-state index is 0.00281. The highest BCUT2D eigenvalue weighted by Crippen LogP contribution is 2.25. The van der Waals surface area contributed by atoms with E-state index in [9.17, 15) is 8.42 Å². The van der Waals surface area contributed by atoms with Crippen LogP contribution in [0.25, 0.3) is 0 Å². The van der Waals surface area contributed by atoms with E-state index in [1.807, 2.05) is 32.0 Å². The SMILES string of the molecule is Cc1ccc(C(C)N)c(OCCS(=O)(=O)C(C)(C)C)c1. The molecule has 1 atom stereocenters. The molecule has 1 aromatic rings. The highest BCUT2D eigenvalue weighted by atomic mass is 32.2. The maximum Gasteiger partial charge on any atom is 0.158 e. The molecule has 0 fully saturated rings. The molecule has 5 heteroatoms. The molecule has 0 saturated heterocycles. The van der Waals surface area contributed by atoms with Gasteiger partial charge in [-0.1, -0.05) is 12.1 Å². The van der Waals surface area contributed by atoms with Crippen LogP contribution in [0.1, 0.15) is 44.9 Å². The van der Waals surface area contributed by atoms with Crippen LogP contribution >= 0.6 is 0 Å². The lowest BCUT2D eigenvalue weighted by Gasteiger charge is -2.20. The molecule has 0 spiro atoms. The lowest BCUT2D eigenvalue weighted by Crippen LogP contribution is -2.32. The Labute approximate surface area is 122 Å². The lowest BCUT2D eigenvalue weighted by molar-refractivity contribution is 0.334. The zero-order chi connectivity index (χ0) is 15.6. The molecular formula is C15H25NO3S. The van der Waals surface area contributed by atoms with Crippen molar-refractivity contribution in [3.05, 3.63) is 29.3 Å². The highest BCUT2D eigenvalue weighted by molar-refractivity contribution is 7.92. The van der Waals surface area contributed by atoms with E-state index < -0.39 is 14.6 Å². The van der Waals surface area contributed by atoms with Crippen LogP contribution in [0.3, 0.4) is 0 Å². The monoisotopic (exact) mass is 299 g/mol. The van der Waals surface area contributed by atoms with Crippen LogP contribution in [0.4, 0.5) is 0 Å². The van der Waals surface area contributed by atoms with Crippen LogP contribution < -0.4 is 10.5 Å². The molecule has 20 heavy (non-hydrogen) atoms. The average Bonchev–Trinajstić information content (AvgIpc) is 2.26. The summed E-state index contributed by atoms with van der Waals surface area (Å²) < 4.78 is 28.9. The van der Waals surface area contributed by atoms with Gasteiger partial charge in [0.2, 0.25) is 0 Å². The summed E-state index contributed by atoms with van der Waals surface area (Å²) in [6.45, 7) is 9.07. The predicted octanol–water partition coefficient (Wildman–Crippen LogP) is 2.61. The van der Waals surface area contributed by atoms with Crippen molar-refractivity contribution in [2.75, 3.05) is 12.4 Å². The molecule has 0 heterocycles. The summed E-state index contributed by atoms with van der Waals surface area (Å²) in [6, 6.07) is 5.64. The van der Waals surface area contributed by atoms with Crippen molar-refractivity contribution in [3.63, 3.8) is 0 Å². The Morgan fingerprint density at radius 2 is 1.90 bits per heavy atom. The molecule has 1 aromatic carbocycles. The topological polar surface area (TPSA) is 69.4 Å². The fraction of sp³-hybridized carbons (Fsp3) is 0.600. The minimum Gasteiger partial charge on any atom is -0.492 e. The van der Waals surface area contributed by atoms with Crippen molar-refractivity contribution in [1.82, 2.24) is 0 Å². The number of benzene rings is 1. The van der Waals surface area contributed by atoms with Gasteiger partial charge in [0.25, 0.3) is 0 Å². The third-order valence-electron chi connectivity index (χ3n) is 3.20. The third-order valence-corrected chi connectivity index (χ3v) is 5.77. The Balaban J connectivity index is 2.79. The van der Waals surface area contributed by atoms with Crippen molar-refractivity contribution in [2.24, 2.45) is 5.73 Å². The molecule has 114 valence electrons. The van der Waals surface area contributed by atoms with Crippen molar-refractivity contribution in [1.29, 1.82) is 0 Å². The molecule has 0 saturated carbocycles. The molecule has 0 aliphatic heterocycles. The first-order chi connectivity index (χ1) is 9.04. The van der Waals surface area contributed by atoms with Gasteiger partial charge in [-0.05, 0) is 46.2 Å². The molecule has 1 unspecified atom stereocenters. The fourth-order valence-electron chi connectivity index (χ4n) is 1.71. The van der Waals surface area contributed by atoms with Gasteiger partial charge in [-0.25, -0.2) is 8.42 Å². The number of nitrogens with two attached hydrogens (primary N) is 1. The molecule has 0 radical (unpaired) electrons. The molecule has 4 nitrogen and oxygen atoms in total. The largest absolute Gasteiger partial charge is 0.492 e. The number of hydrogen-bond donors (Lipinski definition) is 1. The summed E-state index contributed by atoms with van der Waals surface area (Å²) in [5, 5.41) is 0. The zero-order valence-electron chi connectivity index (χ0n) is 12.9. The molecule has 1 rings (SSSR count). The summed E-state index contributed by atoms with van der Waals surface area (Å²) in [6.07, 6.45) is 0. The standard InChI is InChI=1S/C15H25NO3S/c1-11-6-7-13(12(2)16)14(10-11)19-8-9-20(17,18)15(3,4)5/h6-7,10,12H,8-9,16H2,1-5H3. The molecule has 0 aromatic heterocycles. The first-order valence-corrected chi connectivity index (χ1v) is 8.41. The van der Waals surface area contributed by atoms with Gasteiger partial charge < -0.3 is 10.5 Å². The van der Waals surface area contributed by atoms with E-state index in [0.717, 1.165) is 11.1 Å². The van der Waals surface area contributed by atoms with Gasteiger partial charge in [-0.2, -0.15) is 0 Å². The van der Waals surface area contributed by atoms with E-state index in [-0.39, 0.29) is 18.4 Å². The van der Waals surface area contributed by atoms with Gasteiger partial charge in [0.15, 0.2) is 9.84 Å². The summed E-state index contributed by atoms with van der Waals surface area (Å²) in [7, 11) is -3.17. The quantitative estimate of drug-likeness (QED) is 0.907. The van der Waals surface area contributed by atoms with Crippen LogP contribution in [0.15, 0.2) is 18.2 Å². The van der Waals surface area contributed by atoms with E-state index in [0.29, 0.717) is 5.75 Å². The molecule has 0 amide bonds. The van der Waals surface area contributed by atoms with E-state index in [1.54, 1.807) is 20.8 Å². The Kier molecular flexibility index (Phi) is 5.21. The second kappa shape index (κ2) is 6.14. The average molecular weight is 299 g/mol. The lowest BCUT2D eigenvalue weighted by atomic mass is 10.1. The van der Waals surface area contributed by atoms with Gasteiger partial charge in [0, 0.05) is 11.6 Å². The fourth-order valence-corrected chi connectivity index (χ4v) is 2.63. The maximum absolute atomic E-state index is 12.0. The van der Waals surface area contributed by atoms with Crippen LogP contribution in [0.2, 0.25) is 0 Å². The van der Waals surface area contributed by atoms with Gasteiger partial charge in [0.05, 0.1) is 10.5 Å². The number of aryl methyl sites for hydroxylation is 1. The third kappa shape index (κ3) is 4.21. The Hall–Kier alpha value is -1.07. The van der Waals surface area contributed by atoms with Gasteiger partial charge >= 0.3 is 0 Å². The van der Waals surface area contributed by atoms with E-state index in [4.69, 9.17) is 10.5 Å². The number of rotatable bonds is 5. The van der Waals surface area contributed by atoms with Crippen LogP contribution in [0, 0.1) is 6.92 Å². The van der Waals surface area contributed by atoms with Crippen molar-refractivity contribution in [3.8, 4) is 5.75 Å².